The van der Waals surface area contributed by atoms with E-state index in [1.54, 1.807) is 6.07 Å². The lowest BCUT2D eigenvalue weighted by atomic mass is 10.1. The normalized spacial score (nSPS) is 27.1. The van der Waals surface area contributed by atoms with Gasteiger partial charge in [-0.2, -0.15) is 5.26 Å². The summed E-state index contributed by atoms with van der Waals surface area (Å²) in [6, 6.07) is 8.06. The van der Waals surface area contributed by atoms with Crippen LogP contribution in [0.1, 0.15) is 24.8 Å². The van der Waals surface area contributed by atoms with Crippen LogP contribution in [0.25, 0.3) is 0 Å². The molecule has 0 spiro atoms. The van der Waals surface area contributed by atoms with Gasteiger partial charge in [-0.15, -0.1) is 0 Å². The Labute approximate surface area is 113 Å². The molecule has 1 aromatic carbocycles. The third kappa shape index (κ3) is 2.19. The summed E-state index contributed by atoms with van der Waals surface area (Å²) in [5.41, 5.74) is 1.02. The van der Waals surface area contributed by atoms with Crippen LogP contribution in [0, 0.1) is 17.1 Å². The summed E-state index contributed by atoms with van der Waals surface area (Å²) in [4.78, 5) is 4.73. The first kappa shape index (κ1) is 12.4. The monoisotopic (exact) mass is 259 g/mol. The average molecular weight is 259 g/mol. The zero-order valence-electron chi connectivity index (χ0n) is 11.1. The second-order valence-electron chi connectivity index (χ2n) is 5.56. The standard InChI is InChI=1S/C15H18FN3/c1-18-12-4-5-14(18)10-19(7-6-12)13-3-2-11(9-17)15(16)8-13/h2-3,8,12,14H,4-7,10H2,1H3. The molecule has 19 heavy (non-hydrogen) atoms. The second kappa shape index (κ2) is 4.82. The molecule has 0 saturated carbocycles. The molecule has 0 amide bonds. The molecule has 2 unspecified atom stereocenters. The maximum absolute atomic E-state index is 13.7. The summed E-state index contributed by atoms with van der Waals surface area (Å²) in [6.07, 6.45) is 3.65. The molecule has 2 heterocycles. The lowest BCUT2D eigenvalue weighted by Gasteiger charge is -2.27. The largest absolute Gasteiger partial charge is 0.370 e. The highest BCUT2D eigenvalue weighted by Crippen LogP contribution is 2.31. The quantitative estimate of drug-likeness (QED) is 0.775. The number of likely N-dealkylation sites (N-methyl/N-ethyl adjacent to an activating group) is 1. The average Bonchev–Trinajstić information content (AvgIpc) is 2.63. The van der Waals surface area contributed by atoms with Crippen LogP contribution in [0.15, 0.2) is 18.2 Å². The Morgan fingerprint density at radius 3 is 2.79 bits per heavy atom. The van der Waals surface area contributed by atoms with E-state index in [4.69, 9.17) is 5.26 Å². The highest BCUT2D eigenvalue weighted by Gasteiger charge is 2.34. The first-order valence-electron chi connectivity index (χ1n) is 6.85. The number of halogens is 1. The predicted octanol–water partition coefficient (Wildman–Crippen LogP) is 2.37. The smallest absolute Gasteiger partial charge is 0.143 e. The van der Waals surface area contributed by atoms with Crippen LogP contribution in [0.2, 0.25) is 0 Å². The van der Waals surface area contributed by atoms with Crippen molar-refractivity contribution in [2.45, 2.75) is 31.3 Å². The maximum atomic E-state index is 13.7. The van der Waals surface area contributed by atoms with E-state index < -0.39 is 5.82 Å². The molecule has 2 atom stereocenters. The van der Waals surface area contributed by atoms with E-state index in [1.165, 1.54) is 18.9 Å². The molecular weight excluding hydrogens is 241 g/mol. The number of rotatable bonds is 1. The zero-order chi connectivity index (χ0) is 13.4. The molecular formula is C15H18FN3. The molecule has 2 aliphatic heterocycles. The third-order valence-corrected chi connectivity index (χ3v) is 4.59. The van der Waals surface area contributed by atoms with E-state index in [1.807, 2.05) is 12.1 Å². The summed E-state index contributed by atoms with van der Waals surface area (Å²) in [7, 11) is 2.20. The second-order valence-corrected chi connectivity index (χ2v) is 5.56. The van der Waals surface area contributed by atoms with Gasteiger partial charge in [0.25, 0.3) is 0 Å². The van der Waals surface area contributed by atoms with Crippen molar-refractivity contribution < 1.29 is 4.39 Å². The lowest BCUT2D eigenvalue weighted by molar-refractivity contribution is 0.254. The minimum atomic E-state index is -0.414. The molecule has 0 aliphatic carbocycles. The maximum Gasteiger partial charge on any atom is 0.143 e. The van der Waals surface area contributed by atoms with Crippen molar-refractivity contribution in [3.05, 3.63) is 29.6 Å². The fraction of sp³-hybridized carbons (Fsp3) is 0.533. The van der Waals surface area contributed by atoms with Gasteiger partial charge in [-0.3, -0.25) is 4.90 Å². The number of fused-ring (bicyclic) bond motifs is 2. The number of hydrogen-bond donors (Lipinski definition) is 0. The van der Waals surface area contributed by atoms with E-state index in [9.17, 15) is 4.39 Å². The molecule has 1 aromatic rings. The molecule has 4 heteroatoms. The number of benzene rings is 1. The molecule has 3 nitrogen and oxygen atoms in total. The van der Waals surface area contributed by atoms with Gasteiger partial charge in [0.15, 0.2) is 0 Å². The van der Waals surface area contributed by atoms with E-state index in [-0.39, 0.29) is 5.56 Å². The minimum absolute atomic E-state index is 0.122. The Kier molecular flexibility index (Phi) is 3.16. The zero-order valence-corrected chi connectivity index (χ0v) is 11.1. The summed E-state index contributed by atoms with van der Waals surface area (Å²) < 4.78 is 13.7. The number of anilines is 1. The molecule has 100 valence electrons. The molecule has 2 saturated heterocycles. The fourth-order valence-corrected chi connectivity index (χ4v) is 3.33. The van der Waals surface area contributed by atoms with Crippen molar-refractivity contribution in [3.8, 4) is 6.07 Å². The van der Waals surface area contributed by atoms with Gasteiger partial charge in [0.05, 0.1) is 5.56 Å². The van der Waals surface area contributed by atoms with Crippen LogP contribution >= 0.6 is 0 Å². The van der Waals surface area contributed by atoms with Crippen LogP contribution in [0.3, 0.4) is 0 Å². The highest BCUT2D eigenvalue weighted by molar-refractivity contribution is 5.51. The van der Waals surface area contributed by atoms with Crippen molar-refractivity contribution in [2.75, 3.05) is 25.0 Å². The van der Waals surface area contributed by atoms with Gasteiger partial charge in [-0.25, -0.2) is 4.39 Å². The molecule has 0 radical (unpaired) electrons. The third-order valence-electron chi connectivity index (χ3n) is 4.59. The summed E-state index contributed by atoms with van der Waals surface area (Å²) in [5, 5.41) is 8.78. The van der Waals surface area contributed by atoms with Crippen molar-refractivity contribution in [3.63, 3.8) is 0 Å². The summed E-state index contributed by atoms with van der Waals surface area (Å²) in [5.74, 6) is -0.414. The van der Waals surface area contributed by atoms with Crippen LogP contribution in [-0.4, -0.2) is 37.1 Å². The van der Waals surface area contributed by atoms with Crippen molar-refractivity contribution in [1.82, 2.24) is 4.90 Å². The van der Waals surface area contributed by atoms with E-state index in [0.29, 0.717) is 12.1 Å². The minimum Gasteiger partial charge on any atom is -0.370 e. The van der Waals surface area contributed by atoms with Crippen molar-refractivity contribution >= 4 is 5.69 Å². The predicted molar refractivity (Wildman–Crippen MR) is 72.5 cm³/mol. The van der Waals surface area contributed by atoms with E-state index in [2.05, 4.69) is 16.8 Å². The first-order valence-corrected chi connectivity index (χ1v) is 6.85. The molecule has 3 rings (SSSR count). The molecule has 2 aliphatic rings. The molecule has 0 N–H and O–H groups in total. The lowest BCUT2D eigenvalue weighted by Crippen LogP contribution is -2.36. The van der Waals surface area contributed by atoms with Crippen LogP contribution < -0.4 is 4.90 Å². The molecule has 2 bridgehead atoms. The van der Waals surface area contributed by atoms with Crippen molar-refractivity contribution in [1.29, 1.82) is 5.26 Å². The number of hydrogen-bond acceptors (Lipinski definition) is 3. The summed E-state index contributed by atoms with van der Waals surface area (Å²) in [6.45, 7) is 1.93. The topological polar surface area (TPSA) is 30.3 Å². The van der Waals surface area contributed by atoms with Gasteiger partial charge in [-0.1, -0.05) is 0 Å². The Bertz CT molecular complexity index is 523. The number of nitriles is 1. The Morgan fingerprint density at radius 2 is 2.05 bits per heavy atom. The first-order chi connectivity index (χ1) is 9.19. The van der Waals surface area contributed by atoms with Gasteiger partial charge >= 0.3 is 0 Å². The Balaban J connectivity index is 1.83. The SMILES string of the molecule is CN1C2CCC1CN(c1ccc(C#N)c(F)c1)CC2. The van der Waals surface area contributed by atoms with Crippen LogP contribution in [0.4, 0.5) is 10.1 Å². The van der Waals surface area contributed by atoms with Gasteiger partial charge in [0.1, 0.15) is 11.9 Å². The van der Waals surface area contributed by atoms with Crippen molar-refractivity contribution in [2.24, 2.45) is 0 Å². The van der Waals surface area contributed by atoms with Gasteiger partial charge in [0, 0.05) is 30.9 Å². The van der Waals surface area contributed by atoms with Gasteiger partial charge in [-0.05, 0) is 44.5 Å². The Morgan fingerprint density at radius 1 is 1.26 bits per heavy atom. The number of nitrogens with zero attached hydrogens (tertiary/aromatic N) is 3. The van der Waals surface area contributed by atoms with Gasteiger partial charge in [0.2, 0.25) is 0 Å². The van der Waals surface area contributed by atoms with E-state index >= 15 is 0 Å². The van der Waals surface area contributed by atoms with E-state index in [0.717, 1.165) is 25.2 Å². The van der Waals surface area contributed by atoms with Crippen LogP contribution in [0.5, 0.6) is 0 Å². The highest BCUT2D eigenvalue weighted by atomic mass is 19.1. The van der Waals surface area contributed by atoms with Gasteiger partial charge < -0.3 is 4.90 Å². The van der Waals surface area contributed by atoms with Crippen LogP contribution in [-0.2, 0) is 0 Å². The fourth-order valence-electron chi connectivity index (χ4n) is 3.33. The summed E-state index contributed by atoms with van der Waals surface area (Å²) >= 11 is 0. The Hall–Kier alpha value is -1.60. The molecule has 2 fully saturated rings. The molecule has 0 aromatic heterocycles.